The van der Waals surface area contributed by atoms with Gasteiger partial charge in [0.05, 0.1) is 11.3 Å². The number of carbonyl (C=O) groups is 1. The van der Waals surface area contributed by atoms with Gasteiger partial charge in [0.2, 0.25) is 10.0 Å². The van der Waals surface area contributed by atoms with E-state index in [-0.39, 0.29) is 11.5 Å². The Kier molecular flexibility index (Phi) is 7.84. The Morgan fingerprint density at radius 1 is 1.20 bits per heavy atom. The molecule has 1 atom stereocenters. The summed E-state index contributed by atoms with van der Waals surface area (Å²) in [6.07, 6.45) is 7.45. The molecule has 9 heteroatoms. The number of hydrogen-bond acceptors (Lipinski definition) is 7. The number of ketones is 1. The zero-order valence-corrected chi connectivity index (χ0v) is 18.7. The second-order valence-electron chi connectivity index (χ2n) is 8.64. The largest absolute Gasteiger partial charge is 0.369 e. The molecule has 3 rings (SSSR count). The first-order chi connectivity index (χ1) is 14.3. The Morgan fingerprint density at radius 3 is 2.40 bits per heavy atom. The highest BCUT2D eigenvalue weighted by Gasteiger charge is 2.43. The number of carbonyl (C=O) groups excluding carboxylic acids is 1. The fraction of sp³-hybridized carbons (Fsp3) is 0.714. The van der Waals surface area contributed by atoms with Crippen LogP contribution in [0.2, 0.25) is 0 Å². The van der Waals surface area contributed by atoms with Crippen molar-refractivity contribution in [2.24, 2.45) is 11.1 Å². The molecule has 30 heavy (non-hydrogen) atoms. The molecular formula is C21H35N5O3S. The molecule has 0 aliphatic carbocycles. The van der Waals surface area contributed by atoms with Gasteiger partial charge in [-0.3, -0.25) is 14.7 Å². The summed E-state index contributed by atoms with van der Waals surface area (Å²) in [6, 6.07) is 4.02. The quantitative estimate of drug-likeness (QED) is 0.593. The van der Waals surface area contributed by atoms with E-state index in [1.807, 2.05) is 12.1 Å². The van der Waals surface area contributed by atoms with E-state index in [0.717, 1.165) is 64.2 Å². The number of hydrogen-bond donors (Lipinski definition) is 2. The minimum absolute atomic E-state index is 0.0781. The molecule has 1 aromatic rings. The van der Waals surface area contributed by atoms with Crippen LogP contribution in [0.3, 0.4) is 0 Å². The minimum atomic E-state index is -3.53. The van der Waals surface area contributed by atoms with Gasteiger partial charge < -0.3 is 10.2 Å². The number of Topliss-reactive ketones (excluding diaryl/α,β-unsaturated/α-hetero) is 1. The van der Waals surface area contributed by atoms with Crippen molar-refractivity contribution in [2.75, 3.05) is 49.9 Å². The number of sulfonamides is 1. The van der Waals surface area contributed by atoms with Crippen molar-refractivity contribution >= 4 is 21.5 Å². The topological polar surface area (TPSA) is 109 Å². The van der Waals surface area contributed by atoms with Gasteiger partial charge in [0, 0.05) is 44.3 Å². The molecule has 0 amide bonds. The number of anilines is 1. The molecule has 3 N–H and O–H groups in total. The molecule has 2 fully saturated rings. The summed E-state index contributed by atoms with van der Waals surface area (Å²) in [5.74, 6) is 0.543. The van der Waals surface area contributed by atoms with Crippen LogP contribution >= 0.6 is 0 Å². The Labute approximate surface area is 180 Å². The molecule has 1 aromatic heterocycles. The number of nitrogens with two attached hydrogens (primary N) is 1. The predicted octanol–water partition coefficient (Wildman–Crippen LogP) is 0.990. The lowest BCUT2D eigenvalue weighted by molar-refractivity contribution is -0.132. The molecular weight excluding hydrogens is 402 g/mol. The highest BCUT2D eigenvalue weighted by molar-refractivity contribution is 7.89. The summed E-state index contributed by atoms with van der Waals surface area (Å²) >= 11 is 0. The average Bonchev–Trinajstić information content (AvgIpc) is 2.73. The van der Waals surface area contributed by atoms with Crippen LogP contribution in [0.25, 0.3) is 0 Å². The molecule has 0 aromatic carbocycles. The summed E-state index contributed by atoms with van der Waals surface area (Å²) in [7, 11) is -3.53. The molecule has 8 nitrogen and oxygen atoms in total. The maximum Gasteiger partial charge on any atom is 0.209 e. The minimum Gasteiger partial charge on any atom is -0.369 e. The van der Waals surface area contributed by atoms with Gasteiger partial charge in [-0.1, -0.05) is 0 Å². The smallest absolute Gasteiger partial charge is 0.209 e. The van der Waals surface area contributed by atoms with Gasteiger partial charge in [-0.05, 0) is 70.2 Å². The normalized spacial score (nSPS) is 21.3. The van der Waals surface area contributed by atoms with Gasteiger partial charge in [0.1, 0.15) is 5.78 Å². The fourth-order valence-corrected chi connectivity index (χ4v) is 5.56. The number of rotatable bonds is 9. The van der Waals surface area contributed by atoms with Crippen molar-refractivity contribution in [1.29, 1.82) is 0 Å². The van der Waals surface area contributed by atoms with E-state index < -0.39 is 15.6 Å². The van der Waals surface area contributed by atoms with E-state index in [2.05, 4.69) is 20.1 Å². The summed E-state index contributed by atoms with van der Waals surface area (Å²) < 4.78 is 23.0. The van der Waals surface area contributed by atoms with Crippen molar-refractivity contribution in [3.05, 3.63) is 24.5 Å². The van der Waals surface area contributed by atoms with Gasteiger partial charge in [0.15, 0.2) is 0 Å². The summed E-state index contributed by atoms with van der Waals surface area (Å²) in [6.45, 7) is 6.86. The number of primary sulfonamides is 1. The highest BCUT2D eigenvalue weighted by Crippen LogP contribution is 2.35. The molecule has 0 bridgehead atoms. The van der Waals surface area contributed by atoms with Crippen LogP contribution < -0.4 is 15.4 Å². The average molecular weight is 438 g/mol. The zero-order chi connectivity index (χ0) is 21.6. The number of piperidine rings is 1. The summed E-state index contributed by atoms with van der Waals surface area (Å²) in [5.41, 5.74) is 0.530. The Hall–Kier alpha value is -1.55. The lowest BCUT2D eigenvalue weighted by Crippen LogP contribution is -2.61. The standard InChI is InChI=1S/C21H35N5O3S/c1-18(27)21(7-2-16-30(22,28)29,17-19-3-8-23-9-4-19)26-14-12-25(13-15-26)20-5-10-24-11-6-20/h5-6,10-11,19,23H,2-4,7-9,12-17H2,1H3,(H2,22,28,29). The van der Waals surface area contributed by atoms with Crippen LogP contribution in [0, 0.1) is 5.92 Å². The number of nitrogens with one attached hydrogen (secondary N) is 1. The Bertz CT molecular complexity index is 790. The van der Waals surface area contributed by atoms with Crippen LogP contribution in [0.5, 0.6) is 0 Å². The van der Waals surface area contributed by atoms with E-state index in [1.54, 1.807) is 19.3 Å². The summed E-state index contributed by atoms with van der Waals surface area (Å²) in [4.78, 5) is 21.8. The van der Waals surface area contributed by atoms with Crippen molar-refractivity contribution < 1.29 is 13.2 Å². The maximum atomic E-state index is 13.1. The molecule has 0 spiro atoms. The second-order valence-corrected chi connectivity index (χ2v) is 10.4. The number of pyridine rings is 1. The van der Waals surface area contributed by atoms with Crippen molar-refractivity contribution in [1.82, 2.24) is 15.2 Å². The van der Waals surface area contributed by atoms with Crippen LogP contribution in [-0.4, -0.2) is 74.6 Å². The second kappa shape index (κ2) is 10.2. The van der Waals surface area contributed by atoms with Crippen LogP contribution in [-0.2, 0) is 14.8 Å². The predicted molar refractivity (Wildman–Crippen MR) is 119 cm³/mol. The van der Waals surface area contributed by atoms with Gasteiger partial charge in [-0.15, -0.1) is 0 Å². The molecule has 0 saturated carbocycles. The number of piperazine rings is 1. The molecule has 2 aliphatic heterocycles. The molecule has 3 heterocycles. The van der Waals surface area contributed by atoms with E-state index in [9.17, 15) is 13.2 Å². The monoisotopic (exact) mass is 437 g/mol. The summed E-state index contributed by atoms with van der Waals surface area (Å²) in [5, 5.41) is 8.63. The number of nitrogens with zero attached hydrogens (tertiary/aromatic N) is 3. The van der Waals surface area contributed by atoms with E-state index in [4.69, 9.17) is 5.14 Å². The lowest BCUT2D eigenvalue weighted by Gasteiger charge is -2.49. The third-order valence-corrected chi connectivity index (χ3v) is 7.53. The Balaban J connectivity index is 1.75. The van der Waals surface area contributed by atoms with Gasteiger partial charge in [-0.25, -0.2) is 13.6 Å². The zero-order valence-electron chi connectivity index (χ0n) is 17.9. The molecule has 2 aliphatic rings. The van der Waals surface area contributed by atoms with Crippen LogP contribution in [0.4, 0.5) is 5.69 Å². The third-order valence-electron chi connectivity index (χ3n) is 6.67. The maximum absolute atomic E-state index is 13.1. The first-order valence-corrected chi connectivity index (χ1v) is 12.6. The van der Waals surface area contributed by atoms with Crippen molar-refractivity contribution in [2.45, 2.75) is 44.6 Å². The molecule has 2 saturated heterocycles. The number of aromatic nitrogens is 1. The van der Waals surface area contributed by atoms with E-state index in [1.165, 1.54) is 0 Å². The van der Waals surface area contributed by atoms with Crippen LogP contribution in [0.15, 0.2) is 24.5 Å². The van der Waals surface area contributed by atoms with Crippen LogP contribution in [0.1, 0.15) is 39.0 Å². The first-order valence-electron chi connectivity index (χ1n) is 10.9. The third kappa shape index (κ3) is 6.00. The van der Waals surface area contributed by atoms with Gasteiger partial charge in [-0.2, -0.15) is 0 Å². The van der Waals surface area contributed by atoms with Crippen molar-refractivity contribution in [3.63, 3.8) is 0 Å². The first kappa shape index (κ1) is 23.1. The molecule has 168 valence electrons. The molecule has 1 unspecified atom stereocenters. The van der Waals surface area contributed by atoms with E-state index in [0.29, 0.717) is 18.8 Å². The van der Waals surface area contributed by atoms with Gasteiger partial charge in [0.25, 0.3) is 0 Å². The van der Waals surface area contributed by atoms with E-state index >= 15 is 0 Å². The SMILES string of the molecule is CC(=O)C(CCCS(N)(=O)=O)(CC1CCNCC1)N1CCN(c2ccncc2)CC1. The van der Waals surface area contributed by atoms with Gasteiger partial charge >= 0.3 is 0 Å². The van der Waals surface area contributed by atoms with Crippen molar-refractivity contribution in [3.8, 4) is 0 Å². The lowest BCUT2D eigenvalue weighted by atomic mass is 9.76. The molecule has 0 radical (unpaired) electrons. The fourth-order valence-electron chi connectivity index (χ4n) is 5.01. The Morgan fingerprint density at radius 2 is 1.83 bits per heavy atom. The highest BCUT2D eigenvalue weighted by atomic mass is 32.2.